The van der Waals surface area contributed by atoms with Gasteiger partial charge in [0.05, 0.1) is 0 Å². The summed E-state index contributed by atoms with van der Waals surface area (Å²) in [6, 6.07) is 0. The van der Waals surface area contributed by atoms with Crippen LogP contribution in [0.5, 0.6) is 0 Å². The Bertz CT molecular complexity index is 430. The van der Waals surface area contributed by atoms with Crippen LogP contribution in [0.25, 0.3) is 0 Å². The summed E-state index contributed by atoms with van der Waals surface area (Å²) in [5, 5.41) is 0. The van der Waals surface area contributed by atoms with E-state index in [2.05, 4.69) is 41.5 Å². The topological polar surface area (TPSA) is 0 Å². The van der Waals surface area contributed by atoms with Gasteiger partial charge in [0, 0.05) is 0 Å². The van der Waals surface area contributed by atoms with Crippen LogP contribution in [0, 0.1) is 0 Å². The van der Waals surface area contributed by atoms with E-state index in [1.807, 2.05) is 0 Å². The first-order valence-electron chi connectivity index (χ1n) is 10.4. The SMILES string of the molecule is CC1=C(C)CCC1.CC1=C(C)CCCC1.CC1=C(C)CCCCC1. The van der Waals surface area contributed by atoms with Crippen molar-refractivity contribution in [3.05, 3.63) is 33.4 Å². The van der Waals surface area contributed by atoms with Crippen LogP contribution in [0.2, 0.25) is 0 Å². The maximum atomic E-state index is 2.28. The first-order chi connectivity index (χ1) is 11.4. The molecule has 0 saturated heterocycles. The van der Waals surface area contributed by atoms with Crippen molar-refractivity contribution in [3.63, 3.8) is 0 Å². The van der Waals surface area contributed by atoms with E-state index in [9.17, 15) is 0 Å². The van der Waals surface area contributed by atoms with Gasteiger partial charge < -0.3 is 0 Å². The standard InChI is InChI=1S/C9H16.C8H14.C7H12/c1-8-6-4-3-5-7-9(8)2;1-7-5-3-4-6-8(7)2;1-6-4-3-5-7(6)2/h3-7H2,1-2H3;3-6H2,1-2H3;3-5H2,1-2H3. The molecule has 0 unspecified atom stereocenters. The van der Waals surface area contributed by atoms with E-state index in [0.29, 0.717) is 0 Å². The summed E-state index contributed by atoms with van der Waals surface area (Å²) in [5.74, 6) is 0. The molecule has 0 atom stereocenters. The predicted octanol–water partition coefficient (Wildman–Crippen LogP) is 8.69. The summed E-state index contributed by atoms with van der Waals surface area (Å²) in [5.41, 5.74) is 9.81. The van der Waals surface area contributed by atoms with Crippen LogP contribution in [0.4, 0.5) is 0 Å². The fraction of sp³-hybridized carbons (Fsp3) is 0.750. The van der Waals surface area contributed by atoms with Crippen molar-refractivity contribution >= 4 is 0 Å². The zero-order valence-corrected chi connectivity index (χ0v) is 17.5. The Labute approximate surface area is 152 Å². The van der Waals surface area contributed by atoms with Crippen LogP contribution in [-0.2, 0) is 0 Å². The van der Waals surface area contributed by atoms with E-state index in [1.165, 1.54) is 77.0 Å². The Kier molecular flexibility index (Phi) is 10.4. The number of hydrogen-bond acceptors (Lipinski definition) is 0. The second kappa shape index (κ2) is 11.7. The smallest absolute Gasteiger partial charge is 0.0317 e. The third kappa shape index (κ3) is 8.36. The molecular formula is C24H42. The highest BCUT2D eigenvalue weighted by Gasteiger charge is 2.04. The van der Waals surface area contributed by atoms with E-state index >= 15 is 0 Å². The highest BCUT2D eigenvalue weighted by Crippen LogP contribution is 2.24. The first kappa shape index (κ1) is 21.3. The second-order valence-electron chi connectivity index (χ2n) is 8.30. The molecule has 0 aromatic heterocycles. The highest BCUT2D eigenvalue weighted by molar-refractivity contribution is 5.14. The van der Waals surface area contributed by atoms with Gasteiger partial charge in [0.25, 0.3) is 0 Å². The third-order valence-corrected chi connectivity index (χ3v) is 6.25. The zero-order valence-electron chi connectivity index (χ0n) is 17.5. The molecule has 138 valence electrons. The molecule has 0 nitrogen and oxygen atoms in total. The Morgan fingerprint density at radius 3 is 0.750 bits per heavy atom. The molecule has 3 rings (SSSR count). The van der Waals surface area contributed by atoms with Crippen molar-refractivity contribution in [1.82, 2.24) is 0 Å². The van der Waals surface area contributed by atoms with Gasteiger partial charge in [-0.15, -0.1) is 0 Å². The molecule has 24 heavy (non-hydrogen) atoms. The highest BCUT2D eigenvalue weighted by atomic mass is 14.1. The van der Waals surface area contributed by atoms with Crippen molar-refractivity contribution in [1.29, 1.82) is 0 Å². The fourth-order valence-corrected chi connectivity index (χ4v) is 3.64. The average Bonchev–Trinajstić information content (AvgIpc) is 2.83. The lowest BCUT2D eigenvalue weighted by molar-refractivity contribution is 0.672. The molecule has 3 aliphatic carbocycles. The molecule has 0 spiro atoms. The minimum absolute atomic E-state index is 1.35. The van der Waals surface area contributed by atoms with Crippen molar-refractivity contribution < 1.29 is 0 Å². The quantitative estimate of drug-likeness (QED) is 0.390. The van der Waals surface area contributed by atoms with Gasteiger partial charge in [-0.05, 0) is 112 Å². The Morgan fingerprint density at radius 2 is 0.500 bits per heavy atom. The molecule has 0 N–H and O–H groups in total. The summed E-state index contributed by atoms with van der Waals surface area (Å²) in [7, 11) is 0. The van der Waals surface area contributed by atoms with Crippen LogP contribution < -0.4 is 0 Å². The second-order valence-corrected chi connectivity index (χ2v) is 8.30. The molecule has 0 saturated carbocycles. The molecule has 0 aromatic rings. The van der Waals surface area contributed by atoms with Crippen molar-refractivity contribution in [3.8, 4) is 0 Å². The largest absolute Gasteiger partial charge is 0.0744 e. The lowest BCUT2D eigenvalue weighted by atomic mass is 9.94. The van der Waals surface area contributed by atoms with Crippen LogP contribution in [-0.4, -0.2) is 0 Å². The summed E-state index contributed by atoms with van der Waals surface area (Å²) < 4.78 is 0. The molecule has 0 fully saturated rings. The lowest BCUT2D eigenvalue weighted by Gasteiger charge is -2.12. The number of rotatable bonds is 0. The van der Waals surface area contributed by atoms with Gasteiger partial charge >= 0.3 is 0 Å². The van der Waals surface area contributed by atoms with Gasteiger partial charge in [0.2, 0.25) is 0 Å². The lowest BCUT2D eigenvalue weighted by Crippen LogP contribution is -1.92. The van der Waals surface area contributed by atoms with Gasteiger partial charge in [-0.2, -0.15) is 0 Å². The van der Waals surface area contributed by atoms with E-state index in [1.54, 1.807) is 33.4 Å². The van der Waals surface area contributed by atoms with Crippen LogP contribution in [0.15, 0.2) is 33.4 Å². The summed E-state index contributed by atoms with van der Waals surface area (Å²) in [6.07, 6.45) is 16.6. The molecular weight excluding hydrogens is 288 g/mol. The van der Waals surface area contributed by atoms with E-state index in [-0.39, 0.29) is 0 Å². The molecule has 0 bridgehead atoms. The molecule has 0 amide bonds. The van der Waals surface area contributed by atoms with Gasteiger partial charge in [-0.1, -0.05) is 39.9 Å². The fourth-order valence-electron chi connectivity index (χ4n) is 3.64. The van der Waals surface area contributed by atoms with Gasteiger partial charge in [0.15, 0.2) is 0 Å². The third-order valence-electron chi connectivity index (χ3n) is 6.25. The predicted molar refractivity (Wildman–Crippen MR) is 111 cm³/mol. The monoisotopic (exact) mass is 330 g/mol. The molecule has 3 aliphatic rings. The summed E-state index contributed by atoms with van der Waals surface area (Å²) in [4.78, 5) is 0. The van der Waals surface area contributed by atoms with E-state index in [0.717, 1.165) is 0 Å². The molecule has 0 aromatic carbocycles. The maximum Gasteiger partial charge on any atom is -0.0317 e. The van der Waals surface area contributed by atoms with E-state index in [4.69, 9.17) is 0 Å². The van der Waals surface area contributed by atoms with Crippen LogP contribution >= 0.6 is 0 Å². The maximum absolute atomic E-state index is 2.28. The van der Waals surface area contributed by atoms with Crippen molar-refractivity contribution in [2.45, 2.75) is 119 Å². The number of allylic oxidation sites excluding steroid dienone is 6. The summed E-state index contributed by atoms with van der Waals surface area (Å²) in [6.45, 7) is 13.6. The zero-order chi connectivity index (χ0) is 17.9. The summed E-state index contributed by atoms with van der Waals surface area (Å²) >= 11 is 0. The van der Waals surface area contributed by atoms with Gasteiger partial charge in [0.1, 0.15) is 0 Å². The van der Waals surface area contributed by atoms with Crippen molar-refractivity contribution in [2.24, 2.45) is 0 Å². The Morgan fingerprint density at radius 1 is 0.292 bits per heavy atom. The Hall–Kier alpha value is -0.780. The van der Waals surface area contributed by atoms with E-state index < -0.39 is 0 Å². The normalized spacial score (nSPS) is 21.8. The molecule has 0 radical (unpaired) electrons. The molecule has 0 heterocycles. The van der Waals surface area contributed by atoms with Crippen molar-refractivity contribution in [2.75, 3.05) is 0 Å². The van der Waals surface area contributed by atoms with Gasteiger partial charge in [-0.3, -0.25) is 0 Å². The van der Waals surface area contributed by atoms with Crippen LogP contribution in [0.1, 0.15) is 119 Å². The molecule has 0 heteroatoms. The van der Waals surface area contributed by atoms with Crippen LogP contribution in [0.3, 0.4) is 0 Å². The average molecular weight is 331 g/mol. The van der Waals surface area contributed by atoms with Gasteiger partial charge in [-0.25, -0.2) is 0 Å². The number of hydrogen-bond donors (Lipinski definition) is 0. The Balaban J connectivity index is 0.000000181. The molecule has 0 aliphatic heterocycles. The first-order valence-corrected chi connectivity index (χ1v) is 10.4. The minimum atomic E-state index is 1.35. The minimum Gasteiger partial charge on any atom is -0.0744 e.